The Labute approximate surface area is 119 Å². The van der Waals surface area contributed by atoms with Crippen LogP contribution >= 0.6 is 0 Å². The van der Waals surface area contributed by atoms with E-state index in [1.54, 1.807) is 18.0 Å². The average molecular weight is 299 g/mol. The molecule has 1 atom stereocenters. The number of nitrogens with zero attached hydrogens (tertiary/aromatic N) is 3. The van der Waals surface area contributed by atoms with Gasteiger partial charge in [0.25, 0.3) is 0 Å². The highest BCUT2D eigenvalue weighted by atomic mass is 32.2. The van der Waals surface area contributed by atoms with Crippen LogP contribution in [0.25, 0.3) is 0 Å². The molecule has 0 aliphatic carbocycles. The van der Waals surface area contributed by atoms with Gasteiger partial charge in [-0.05, 0) is 19.8 Å². The van der Waals surface area contributed by atoms with Crippen LogP contribution in [-0.2, 0) is 14.6 Å². The standard InChI is InChI=1S/C13H21N3O3S/c1-3-20(18,19)10-13(17)15-7-4-5-12(9-15)16-8-6-14-11(16)2/h6,8,12H,3-5,7,9-10H2,1-2H3. The Morgan fingerprint density at radius 2 is 2.25 bits per heavy atom. The summed E-state index contributed by atoms with van der Waals surface area (Å²) in [6, 6.07) is 0.194. The Morgan fingerprint density at radius 3 is 2.85 bits per heavy atom. The lowest BCUT2D eigenvalue weighted by Gasteiger charge is -2.33. The summed E-state index contributed by atoms with van der Waals surface area (Å²) in [7, 11) is -3.26. The van der Waals surface area contributed by atoms with Gasteiger partial charge in [-0.2, -0.15) is 0 Å². The third kappa shape index (κ3) is 3.39. The first-order valence-corrected chi connectivity index (χ1v) is 8.72. The molecule has 0 spiro atoms. The van der Waals surface area contributed by atoms with E-state index in [1.165, 1.54) is 0 Å². The largest absolute Gasteiger partial charge is 0.340 e. The van der Waals surface area contributed by atoms with Crippen LogP contribution in [0.15, 0.2) is 12.4 Å². The van der Waals surface area contributed by atoms with Crippen LogP contribution < -0.4 is 0 Å². The van der Waals surface area contributed by atoms with E-state index >= 15 is 0 Å². The summed E-state index contributed by atoms with van der Waals surface area (Å²) in [6.07, 6.45) is 5.54. The topological polar surface area (TPSA) is 72.3 Å². The van der Waals surface area contributed by atoms with Crippen molar-refractivity contribution in [3.63, 3.8) is 0 Å². The summed E-state index contributed by atoms with van der Waals surface area (Å²) in [5, 5.41) is 0. The summed E-state index contributed by atoms with van der Waals surface area (Å²) in [4.78, 5) is 18.0. The number of imidazole rings is 1. The van der Waals surface area contributed by atoms with Gasteiger partial charge in [0.05, 0.1) is 6.04 Å². The quantitative estimate of drug-likeness (QED) is 0.824. The minimum atomic E-state index is -3.26. The zero-order valence-electron chi connectivity index (χ0n) is 11.9. The molecule has 0 aromatic carbocycles. The Bertz CT molecular complexity index is 579. The Balaban J connectivity index is 2.04. The lowest BCUT2D eigenvalue weighted by atomic mass is 10.1. The fraction of sp³-hybridized carbons (Fsp3) is 0.692. The molecule has 1 aliphatic rings. The monoisotopic (exact) mass is 299 g/mol. The molecule has 112 valence electrons. The normalized spacial score (nSPS) is 20.1. The van der Waals surface area contributed by atoms with Gasteiger partial charge in [0.2, 0.25) is 5.91 Å². The fourth-order valence-corrected chi connectivity index (χ4v) is 3.33. The van der Waals surface area contributed by atoms with E-state index in [9.17, 15) is 13.2 Å². The van der Waals surface area contributed by atoms with Crippen LogP contribution in [0.2, 0.25) is 0 Å². The number of aromatic nitrogens is 2. The minimum absolute atomic E-state index is 0.0106. The molecule has 1 aromatic rings. The van der Waals surface area contributed by atoms with Crippen LogP contribution in [0, 0.1) is 6.92 Å². The van der Waals surface area contributed by atoms with Crippen molar-refractivity contribution < 1.29 is 13.2 Å². The predicted octanol–water partition coefficient (Wildman–Crippen LogP) is 0.790. The first-order valence-electron chi connectivity index (χ1n) is 6.90. The molecular weight excluding hydrogens is 278 g/mol. The summed E-state index contributed by atoms with van der Waals surface area (Å²) < 4.78 is 25.2. The van der Waals surface area contributed by atoms with Gasteiger partial charge in [0, 0.05) is 31.2 Å². The van der Waals surface area contributed by atoms with Gasteiger partial charge in [-0.3, -0.25) is 4.79 Å². The van der Waals surface area contributed by atoms with Crippen LogP contribution in [0.1, 0.15) is 31.6 Å². The van der Waals surface area contributed by atoms with Gasteiger partial charge in [0.15, 0.2) is 9.84 Å². The zero-order chi connectivity index (χ0) is 14.8. The van der Waals surface area contributed by atoms with Gasteiger partial charge in [-0.25, -0.2) is 13.4 Å². The highest BCUT2D eigenvalue weighted by Gasteiger charge is 2.27. The van der Waals surface area contributed by atoms with Gasteiger partial charge in [0.1, 0.15) is 11.6 Å². The van der Waals surface area contributed by atoms with Crippen molar-refractivity contribution in [2.45, 2.75) is 32.7 Å². The van der Waals surface area contributed by atoms with Gasteiger partial charge in [-0.15, -0.1) is 0 Å². The van der Waals surface area contributed by atoms with Crippen LogP contribution in [0.3, 0.4) is 0 Å². The summed E-state index contributed by atoms with van der Waals surface area (Å²) in [6.45, 7) is 4.70. The number of carbonyl (C=O) groups excluding carboxylic acids is 1. The smallest absolute Gasteiger partial charge is 0.237 e. The number of hydrogen-bond donors (Lipinski definition) is 0. The molecule has 2 heterocycles. The maximum atomic E-state index is 12.1. The number of carbonyl (C=O) groups is 1. The number of amides is 1. The first kappa shape index (κ1) is 15.0. The lowest BCUT2D eigenvalue weighted by Crippen LogP contribution is -2.43. The predicted molar refractivity (Wildman–Crippen MR) is 76.1 cm³/mol. The number of sulfone groups is 1. The lowest BCUT2D eigenvalue weighted by molar-refractivity contribution is -0.130. The molecule has 1 aromatic heterocycles. The van der Waals surface area contributed by atoms with Gasteiger partial charge < -0.3 is 9.47 Å². The van der Waals surface area contributed by atoms with E-state index in [0.717, 1.165) is 18.7 Å². The number of likely N-dealkylation sites (tertiary alicyclic amines) is 1. The Hall–Kier alpha value is -1.37. The van der Waals surface area contributed by atoms with E-state index in [2.05, 4.69) is 9.55 Å². The molecule has 20 heavy (non-hydrogen) atoms. The molecule has 0 N–H and O–H groups in total. The van der Waals surface area contributed by atoms with Crippen LogP contribution in [0.5, 0.6) is 0 Å². The first-order chi connectivity index (χ1) is 9.43. The fourth-order valence-electron chi connectivity index (χ4n) is 2.56. The summed E-state index contributed by atoms with van der Waals surface area (Å²) in [5.74, 6) is 0.273. The molecule has 7 heteroatoms. The molecule has 1 amide bonds. The minimum Gasteiger partial charge on any atom is -0.340 e. The van der Waals surface area contributed by atoms with Gasteiger partial charge >= 0.3 is 0 Å². The Kier molecular flexibility index (Phi) is 4.47. The van der Waals surface area contributed by atoms with Gasteiger partial charge in [-0.1, -0.05) is 6.92 Å². The maximum absolute atomic E-state index is 12.1. The summed E-state index contributed by atoms with van der Waals surface area (Å²) in [5.41, 5.74) is 0. The molecule has 6 nitrogen and oxygen atoms in total. The van der Waals surface area contributed by atoms with Crippen molar-refractivity contribution in [1.82, 2.24) is 14.5 Å². The van der Waals surface area contributed by atoms with Crippen molar-refractivity contribution in [2.75, 3.05) is 24.6 Å². The van der Waals surface area contributed by atoms with Crippen molar-refractivity contribution in [1.29, 1.82) is 0 Å². The molecule has 2 rings (SSSR count). The highest BCUT2D eigenvalue weighted by Crippen LogP contribution is 2.22. The van der Waals surface area contributed by atoms with E-state index in [-0.39, 0.29) is 23.5 Å². The van der Waals surface area contributed by atoms with E-state index < -0.39 is 9.84 Å². The molecule has 0 radical (unpaired) electrons. The Morgan fingerprint density at radius 1 is 1.50 bits per heavy atom. The average Bonchev–Trinajstić information content (AvgIpc) is 2.85. The van der Waals surface area contributed by atoms with E-state index in [1.807, 2.05) is 13.1 Å². The van der Waals surface area contributed by atoms with E-state index in [4.69, 9.17) is 0 Å². The molecule has 1 aliphatic heterocycles. The third-order valence-electron chi connectivity index (χ3n) is 3.79. The number of piperidine rings is 1. The number of aryl methyl sites for hydroxylation is 1. The SMILES string of the molecule is CCS(=O)(=O)CC(=O)N1CCCC(n2ccnc2C)C1. The second-order valence-electron chi connectivity index (χ2n) is 5.19. The highest BCUT2D eigenvalue weighted by molar-refractivity contribution is 7.92. The number of rotatable bonds is 4. The molecule has 1 fully saturated rings. The van der Waals surface area contributed by atoms with Crippen molar-refractivity contribution in [3.05, 3.63) is 18.2 Å². The van der Waals surface area contributed by atoms with Crippen LogP contribution in [0.4, 0.5) is 0 Å². The number of hydrogen-bond acceptors (Lipinski definition) is 4. The third-order valence-corrected chi connectivity index (χ3v) is 5.35. The summed E-state index contributed by atoms with van der Waals surface area (Å²) >= 11 is 0. The van der Waals surface area contributed by atoms with Crippen LogP contribution in [-0.4, -0.2) is 53.4 Å². The second kappa shape index (κ2) is 5.95. The second-order valence-corrected chi connectivity index (χ2v) is 7.55. The maximum Gasteiger partial charge on any atom is 0.237 e. The van der Waals surface area contributed by atoms with E-state index in [0.29, 0.717) is 13.1 Å². The van der Waals surface area contributed by atoms with Crippen molar-refractivity contribution in [3.8, 4) is 0 Å². The molecule has 0 saturated carbocycles. The zero-order valence-corrected chi connectivity index (χ0v) is 12.8. The van der Waals surface area contributed by atoms with Crippen molar-refractivity contribution >= 4 is 15.7 Å². The molecule has 1 unspecified atom stereocenters. The molecular formula is C13H21N3O3S. The molecule has 0 bridgehead atoms. The van der Waals surface area contributed by atoms with Crippen molar-refractivity contribution in [2.24, 2.45) is 0 Å². The molecule has 1 saturated heterocycles.